The van der Waals surface area contributed by atoms with Crippen molar-refractivity contribution in [2.45, 2.75) is 25.8 Å². The number of anilines is 2. The van der Waals surface area contributed by atoms with Gasteiger partial charge in [-0.1, -0.05) is 19.1 Å². The lowest BCUT2D eigenvalue weighted by Gasteiger charge is -2.41. The van der Waals surface area contributed by atoms with Crippen molar-refractivity contribution in [1.82, 2.24) is 5.32 Å². The van der Waals surface area contributed by atoms with E-state index in [-0.39, 0.29) is 0 Å². The Hall–Kier alpha value is -1.75. The van der Waals surface area contributed by atoms with Crippen molar-refractivity contribution in [2.75, 3.05) is 43.0 Å². The van der Waals surface area contributed by atoms with Crippen molar-refractivity contribution in [2.24, 2.45) is 0 Å². The lowest BCUT2D eigenvalue weighted by Crippen LogP contribution is -2.58. The van der Waals surface area contributed by atoms with Crippen LogP contribution >= 0.6 is 0 Å². The summed E-state index contributed by atoms with van der Waals surface area (Å²) in [6.07, 6.45) is 0.919. The van der Waals surface area contributed by atoms with E-state index in [1.807, 2.05) is 19.1 Å². The van der Waals surface area contributed by atoms with Crippen LogP contribution in [0.4, 0.5) is 11.4 Å². The van der Waals surface area contributed by atoms with Crippen LogP contribution in [0.2, 0.25) is 0 Å². The van der Waals surface area contributed by atoms with Gasteiger partial charge in [-0.25, -0.2) is 0 Å². The van der Waals surface area contributed by atoms with Crippen molar-refractivity contribution >= 4 is 17.3 Å². The summed E-state index contributed by atoms with van der Waals surface area (Å²) in [5.74, 6) is -0.799. The summed E-state index contributed by atoms with van der Waals surface area (Å²) in [6.45, 7) is 6.72. The van der Waals surface area contributed by atoms with Crippen molar-refractivity contribution in [3.05, 3.63) is 24.3 Å². The molecule has 1 unspecified atom stereocenters. The SMILES string of the molecule is CCCNC(C)(CN1CCN(C)c2ccccc21)C(=O)O. The van der Waals surface area contributed by atoms with Gasteiger partial charge in [-0.3, -0.25) is 4.79 Å². The maximum absolute atomic E-state index is 11.7. The van der Waals surface area contributed by atoms with Crippen LogP contribution < -0.4 is 15.1 Å². The third kappa shape index (κ3) is 3.29. The van der Waals surface area contributed by atoms with Crippen LogP contribution in [-0.4, -0.2) is 49.8 Å². The van der Waals surface area contributed by atoms with E-state index < -0.39 is 11.5 Å². The summed E-state index contributed by atoms with van der Waals surface area (Å²) in [6, 6.07) is 8.17. The third-order valence-corrected chi connectivity index (χ3v) is 4.08. The van der Waals surface area contributed by atoms with E-state index in [4.69, 9.17) is 0 Å². The average Bonchev–Trinajstić information content (AvgIpc) is 2.48. The van der Waals surface area contributed by atoms with Gasteiger partial charge in [-0.05, 0) is 32.0 Å². The summed E-state index contributed by atoms with van der Waals surface area (Å²) in [5, 5.41) is 12.8. The molecule has 5 heteroatoms. The fraction of sp³-hybridized carbons (Fsp3) is 0.562. The minimum absolute atomic E-state index is 0.465. The molecule has 21 heavy (non-hydrogen) atoms. The molecular formula is C16H25N3O2. The zero-order chi connectivity index (χ0) is 15.5. The number of para-hydroxylation sites is 2. The number of benzene rings is 1. The Bertz CT molecular complexity index is 506. The minimum atomic E-state index is -0.932. The fourth-order valence-electron chi connectivity index (χ4n) is 2.71. The largest absolute Gasteiger partial charge is 0.480 e. The molecule has 0 saturated carbocycles. The number of carboxylic acid groups (broad SMARTS) is 1. The first kappa shape index (κ1) is 15.6. The van der Waals surface area contributed by atoms with Gasteiger partial charge >= 0.3 is 5.97 Å². The molecule has 1 aliphatic rings. The molecule has 1 aromatic carbocycles. The molecule has 0 bridgehead atoms. The lowest BCUT2D eigenvalue weighted by molar-refractivity contribution is -0.143. The quantitative estimate of drug-likeness (QED) is 0.837. The number of fused-ring (bicyclic) bond motifs is 1. The Morgan fingerprint density at radius 2 is 2.00 bits per heavy atom. The van der Waals surface area contributed by atoms with Crippen LogP contribution in [0, 0.1) is 0 Å². The Labute approximate surface area is 126 Å². The first-order chi connectivity index (χ1) is 9.98. The van der Waals surface area contributed by atoms with Crippen LogP contribution in [-0.2, 0) is 4.79 Å². The maximum Gasteiger partial charge on any atom is 0.325 e. The Morgan fingerprint density at radius 3 is 2.62 bits per heavy atom. The van der Waals surface area contributed by atoms with E-state index in [1.54, 1.807) is 6.92 Å². The molecule has 0 saturated heterocycles. The highest BCUT2D eigenvalue weighted by Crippen LogP contribution is 2.32. The van der Waals surface area contributed by atoms with Gasteiger partial charge < -0.3 is 20.2 Å². The monoisotopic (exact) mass is 291 g/mol. The van der Waals surface area contributed by atoms with Gasteiger partial charge in [-0.15, -0.1) is 0 Å². The van der Waals surface area contributed by atoms with E-state index in [2.05, 4.69) is 34.3 Å². The van der Waals surface area contributed by atoms with Crippen LogP contribution in [0.3, 0.4) is 0 Å². The van der Waals surface area contributed by atoms with Crippen molar-refractivity contribution < 1.29 is 9.90 Å². The molecule has 2 N–H and O–H groups in total. The molecule has 0 amide bonds. The number of likely N-dealkylation sites (N-methyl/N-ethyl adjacent to an activating group) is 1. The Balaban J connectivity index is 2.22. The number of hydrogen-bond acceptors (Lipinski definition) is 4. The predicted octanol–water partition coefficient (Wildman–Crippen LogP) is 1.79. The van der Waals surface area contributed by atoms with Crippen LogP contribution in [0.15, 0.2) is 24.3 Å². The maximum atomic E-state index is 11.7. The predicted molar refractivity (Wildman–Crippen MR) is 86.3 cm³/mol. The normalized spacial score (nSPS) is 17.3. The molecule has 1 atom stereocenters. The van der Waals surface area contributed by atoms with Gasteiger partial charge in [0.15, 0.2) is 0 Å². The zero-order valence-corrected chi connectivity index (χ0v) is 13.1. The molecule has 2 rings (SSSR count). The molecule has 1 aromatic rings. The van der Waals surface area contributed by atoms with Gasteiger partial charge in [0.2, 0.25) is 0 Å². The van der Waals surface area contributed by atoms with E-state index in [0.717, 1.165) is 30.9 Å². The number of hydrogen-bond donors (Lipinski definition) is 2. The molecule has 5 nitrogen and oxygen atoms in total. The highest BCUT2D eigenvalue weighted by Gasteiger charge is 2.36. The molecule has 0 radical (unpaired) electrons. The Kier molecular flexibility index (Phi) is 4.73. The summed E-state index contributed by atoms with van der Waals surface area (Å²) in [7, 11) is 2.07. The summed E-state index contributed by atoms with van der Waals surface area (Å²) >= 11 is 0. The first-order valence-corrected chi connectivity index (χ1v) is 7.51. The number of aliphatic carboxylic acids is 1. The topological polar surface area (TPSA) is 55.8 Å². The fourth-order valence-corrected chi connectivity index (χ4v) is 2.71. The molecule has 1 aliphatic heterocycles. The van der Waals surface area contributed by atoms with Gasteiger partial charge in [-0.2, -0.15) is 0 Å². The summed E-state index contributed by atoms with van der Waals surface area (Å²) in [5.41, 5.74) is 1.34. The molecule has 1 heterocycles. The third-order valence-electron chi connectivity index (χ3n) is 4.08. The first-order valence-electron chi connectivity index (χ1n) is 7.51. The van der Waals surface area contributed by atoms with Gasteiger partial charge in [0, 0.05) is 26.7 Å². The van der Waals surface area contributed by atoms with Gasteiger partial charge in [0.25, 0.3) is 0 Å². The average molecular weight is 291 g/mol. The zero-order valence-electron chi connectivity index (χ0n) is 13.1. The van der Waals surface area contributed by atoms with Crippen molar-refractivity contribution in [3.63, 3.8) is 0 Å². The summed E-state index contributed by atoms with van der Waals surface area (Å²) < 4.78 is 0. The second-order valence-corrected chi connectivity index (χ2v) is 5.90. The molecule has 116 valence electrons. The van der Waals surface area contributed by atoms with E-state index in [1.165, 1.54) is 0 Å². The highest BCUT2D eigenvalue weighted by atomic mass is 16.4. The second kappa shape index (κ2) is 6.35. The summed E-state index contributed by atoms with van der Waals surface area (Å²) in [4.78, 5) is 16.1. The minimum Gasteiger partial charge on any atom is -0.480 e. The standard InChI is InChI=1S/C16H25N3O2/c1-4-9-17-16(2,15(20)21)12-19-11-10-18(3)13-7-5-6-8-14(13)19/h5-8,17H,4,9-12H2,1-3H3,(H,20,21). The molecule has 0 aliphatic carbocycles. The lowest BCUT2D eigenvalue weighted by atomic mass is 10.00. The number of nitrogens with one attached hydrogen (secondary N) is 1. The number of rotatable bonds is 6. The van der Waals surface area contributed by atoms with Crippen molar-refractivity contribution in [1.29, 1.82) is 0 Å². The molecule has 0 spiro atoms. The van der Waals surface area contributed by atoms with E-state index in [0.29, 0.717) is 13.1 Å². The highest BCUT2D eigenvalue weighted by molar-refractivity contribution is 5.81. The van der Waals surface area contributed by atoms with Crippen LogP contribution in [0.1, 0.15) is 20.3 Å². The molecule has 0 fully saturated rings. The smallest absolute Gasteiger partial charge is 0.325 e. The van der Waals surface area contributed by atoms with E-state index >= 15 is 0 Å². The van der Waals surface area contributed by atoms with E-state index in [9.17, 15) is 9.90 Å². The molecule has 0 aromatic heterocycles. The van der Waals surface area contributed by atoms with Crippen LogP contribution in [0.5, 0.6) is 0 Å². The van der Waals surface area contributed by atoms with Crippen molar-refractivity contribution in [3.8, 4) is 0 Å². The van der Waals surface area contributed by atoms with Crippen LogP contribution in [0.25, 0.3) is 0 Å². The Morgan fingerprint density at radius 1 is 1.33 bits per heavy atom. The molecular weight excluding hydrogens is 266 g/mol. The van der Waals surface area contributed by atoms with Gasteiger partial charge in [0.1, 0.15) is 5.54 Å². The number of carbonyl (C=O) groups is 1. The number of carboxylic acids is 1. The second-order valence-electron chi connectivity index (χ2n) is 5.90. The van der Waals surface area contributed by atoms with Gasteiger partial charge in [0.05, 0.1) is 11.4 Å². The number of nitrogens with zero attached hydrogens (tertiary/aromatic N) is 2.